The van der Waals surface area contributed by atoms with Gasteiger partial charge >= 0.3 is 0 Å². The Bertz CT molecular complexity index is 588. The summed E-state index contributed by atoms with van der Waals surface area (Å²) in [5.41, 5.74) is 0. The van der Waals surface area contributed by atoms with Gasteiger partial charge in [0.05, 0.1) is 0 Å². The van der Waals surface area contributed by atoms with Crippen LogP contribution in [0.15, 0.2) is 103 Å². The summed E-state index contributed by atoms with van der Waals surface area (Å²) in [6.45, 7) is 7.51. The molecule has 0 unspecified atom stereocenters. The standard InChI is InChI=1S/C30H43/c1-3-5-7-9-11-13-15-17-19-21-23-25-27-29-30-28-26-24-22-20-18-16-14-12-10-8-6-4-2/h1,3,5,7,9,11,13,15,17,19,21,23,25-30H,4,6,8,10,12,14,16,18,20,22,24H2,2H3/b3-1?,7-5+,11-9+,15-13+,19-17+,23-21+,27-25+,28-26+,30-29+. The van der Waals surface area contributed by atoms with E-state index in [1.54, 1.807) is 6.08 Å². The molecule has 0 aromatic heterocycles. The SMILES string of the molecule is [CH]=C/C=C/C=C/C=C/C=C/C=C/C=C/C=C/C=C/CCCCCCCCCCCC. The fourth-order valence-corrected chi connectivity index (χ4v) is 2.82. The lowest BCUT2D eigenvalue weighted by Gasteiger charge is -2.01. The van der Waals surface area contributed by atoms with Gasteiger partial charge in [-0.05, 0) is 12.8 Å². The monoisotopic (exact) mass is 403 g/mol. The van der Waals surface area contributed by atoms with Crippen molar-refractivity contribution in [1.82, 2.24) is 0 Å². The number of rotatable bonds is 19. The van der Waals surface area contributed by atoms with Crippen molar-refractivity contribution in [1.29, 1.82) is 0 Å². The second-order valence-electron chi connectivity index (χ2n) is 7.29. The third-order valence-corrected chi connectivity index (χ3v) is 4.53. The van der Waals surface area contributed by atoms with Gasteiger partial charge in [-0.2, -0.15) is 0 Å². The molecule has 0 saturated carbocycles. The Morgan fingerprint density at radius 2 is 0.733 bits per heavy atom. The van der Waals surface area contributed by atoms with Crippen molar-refractivity contribution in [3.8, 4) is 0 Å². The van der Waals surface area contributed by atoms with E-state index in [0.717, 1.165) is 0 Å². The van der Waals surface area contributed by atoms with Gasteiger partial charge in [-0.3, -0.25) is 0 Å². The minimum Gasteiger partial charge on any atom is -0.0845 e. The zero-order chi connectivity index (χ0) is 21.8. The summed E-state index contributed by atoms with van der Waals surface area (Å²) in [7, 11) is 0. The van der Waals surface area contributed by atoms with Gasteiger partial charge in [-0.15, -0.1) is 0 Å². The summed E-state index contributed by atoms with van der Waals surface area (Å²) in [4.78, 5) is 0. The van der Waals surface area contributed by atoms with Crippen LogP contribution in [0.2, 0.25) is 0 Å². The first kappa shape index (κ1) is 27.7. The zero-order valence-electron chi connectivity index (χ0n) is 19.2. The predicted octanol–water partition coefficient (Wildman–Crippen LogP) is 9.74. The van der Waals surface area contributed by atoms with Crippen LogP contribution in [0, 0.1) is 6.58 Å². The van der Waals surface area contributed by atoms with E-state index >= 15 is 0 Å². The van der Waals surface area contributed by atoms with Gasteiger partial charge in [0.25, 0.3) is 0 Å². The zero-order valence-corrected chi connectivity index (χ0v) is 19.2. The predicted molar refractivity (Wildman–Crippen MR) is 138 cm³/mol. The van der Waals surface area contributed by atoms with Crippen LogP contribution in [0.3, 0.4) is 0 Å². The summed E-state index contributed by atoms with van der Waals surface area (Å²) in [5.74, 6) is 0. The lowest BCUT2D eigenvalue weighted by molar-refractivity contribution is 0.557. The first-order chi connectivity index (χ1) is 14.9. The van der Waals surface area contributed by atoms with Gasteiger partial charge in [0, 0.05) is 0 Å². The van der Waals surface area contributed by atoms with Gasteiger partial charge in [-0.1, -0.05) is 175 Å². The average Bonchev–Trinajstić information content (AvgIpc) is 2.76. The maximum Gasteiger partial charge on any atom is -0.0348 e. The van der Waals surface area contributed by atoms with Crippen LogP contribution < -0.4 is 0 Å². The Labute approximate surface area is 187 Å². The first-order valence-corrected chi connectivity index (χ1v) is 11.8. The number of unbranched alkanes of at least 4 members (excludes halogenated alkanes) is 10. The molecule has 0 heteroatoms. The molecule has 0 nitrogen and oxygen atoms in total. The molecule has 163 valence electrons. The van der Waals surface area contributed by atoms with Crippen molar-refractivity contribution in [2.24, 2.45) is 0 Å². The quantitative estimate of drug-likeness (QED) is 0.149. The van der Waals surface area contributed by atoms with E-state index in [0.29, 0.717) is 0 Å². The lowest BCUT2D eigenvalue weighted by atomic mass is 10.1. The fraction of sp³-hybridized carbons (Fsp3) is 0.400. The van der Waals surface area contributed by atoms with Crippen LogP contribution in [0.25, 0.3) is 0 Å². The Morgan fingerprint density at radius 1 is 0.400 bits per heavy atom. The molecule has 0 bridgehead atoms. The second-order valence-corrected chi connectivity index (χ2v) is 7.29. The van der Waals surface area contributed by atoms with E-state index in [-0.39, 0.29) is 0 Å². The lowest BCUT2D eigenvalue weighted by Crippen LogP contribution is -1.81. The summed E-state index contributed by atoms with van der Waals surface area (Å²) in [5, 5.41) is 0. The normalized spacial score (nSPS) is 13.4. The van der Waals surface area contributed by atoms with Gasteiger partial charge in [-0.25, -0.2) is 0 Å². The van der Waals surface area contributed by atoms with Crippen LogP contribution >= 0.6 is 0 Å². The van der Waals surface area contributed by atoms with Crippen molar-refractivity contribution >= 4 is 0 Å². The van der Waals surface area contributed by atoms with Crippen molar-refractivity contribution in [2.45, 2.75) is 77.6 Å². The maximum atomic E-state index is 5.23. The van der Waals surface area contributed by atoms with Crippen LogP contribution in [0.1, 0.15) is 77.6 Å². The highest BCUT2D eigenvalue weighted by molar-refractivity contribution is 5.21. The molecule has 0 aliphatic heterocycles. The van der Waals surface area contributed by atoms with Gasteiger partial charge in [0.2, 0.25) is 0 Å². The molecule has 0 rings (SSSR count). The van der Waals surface area contributed by atoms with Gasteiger partial charge < -0.3 is 0 Å². The largest absolute Gasteiger partial charge is 0.0845 e. The summed E-state index contributed by atoms with van der Waals surface area (Å²) < 4.78 is 0. The topological polar surface area (TPSA) is 0 Å². The smallest absolute Gasteiger partial charge is 0.0348 e. The Balaban J connectivity index is 3.57. The van der Waals surface area contributed by atoms with Crippen LogP contribution in [0.4, 0.5) is 0 Å². The van der Waals surface area contributed by atoms with Crippen LogP contribution in [0.5, 0.6) is 0 Å². The molecule has 0 aromatic rings. The minimum absolute atomic E-state index is 1.19. The maximum absolute atomic E-state index is 5.23. The summed E-state index contributed by atoms with van der Waals surface area (Å²) >= 11 is 0. The minimum atomic E-state index is 1.19. The molecule has 0 N–H and O–H groups in total. The second kappa shape index (κ2) is 26.7. The van der Waals surface area contributed by atoms with Crippen molar-refractivity contribution in [3.05, 3.63) is 110 Å². The van der Waals surface area contributed by atoms with E-state index in [1.807, 2.05) is 60.8 Å². The Hall–Kier alpha value is -2.34. The molecule has 0 aliphatic rings. The molecule has 0 fully saturated rings. The number of allylic oxidation sites excluding steroid dienone is 17. The summed E-state index contributed by atoms with van der Waals surface area (Å²) in [6, 6.07) is 0. The number of hydrogen-bond acceptors (Lipinski definition) is 0. The number of hydrogen-bond donors (Lipinski definition) is 0. The van der Waals surface area contributed by atoms with Crippen molar-refractivity contribution in [2.75, 3.05) is 0 Å². The van der Waals surface area contributed by atoms with E-state index in [1.165, 1.54) is 76.7 Å². The first-order valence-electron chi connectivity index (χ1n) is 11.8. The highest BCUT2D eigenvalue weighted by Gasteiger charge is 1.91. The molecule has 30 heavy (non-hydrogen) atoms. The highest BCUT2D eigenvalue weighted by Crippen LogP contribution is 2.11. The fourth-order valence-electron chi connectivity index (χ4n) is 2.82. The summed E-state index contributed by atoms with van der Waals surface area (Å²) in [6.07, 6.45) is 49.0. The highest BCUT2D eigenvalue weighted by atomic mass is 14.0. The molecule has 1 radical (unpaired) electrons. The van der Waals surface area contributed by atoms with E-state index in [2.05, 4.69) is 37.3 Å². The van der Waals surface area contributed by atoms with Gasteiger partial charge in [0.1, 0.15) is 0 Å². The molecule has 0 aliphatic carbocycles. The average molecular weight is 404 g/mol. The molecule has 0 aromatic carbocycles. The van der Waals surface area contributed by atoms with Crippen molar-refractivity contribution < 1.29 is 0 Å². The molecule has 0 spiro atoms. The molecule has 0 saturated heterocycles. The Morgan fingerprint density at radius 3 is 1.13 bits per heavy atom. The third kappa shape index (κ3) is 25.7. The van der Waals surface area contributed by atoms with E-state index in [4.69, 9.17) is 6.58 Å². The Kier molecular flexibility index (Phi) is 24.6. The molecular weight excluding hydrogens is 360 g/mol. The molecule has 0 heterocycles. The molecular formula is C30H43. The van der Waals surface area contributed by atoms with Gasteiger partial charge in [0.15, 0.2) is 0 Å². The van der Waals surface area contributed by atoms with Crippen LogP contribution in [-0.2, 0) is 0 Å². The van der Waals surface area contributed by atoms with E-state index in [9.17, 15) is 0 Å². The third-order valence-electron chi connectivity index (χ3n) is 4.53. The molecule has 0 amide bonds. The van der Waals surface area contributed by atoms with E-state index < -0.39 is 0 Å². The molecule has 0 atom stereocenters. The van der Waals surface area contributed by atoms with Crippen LogP contribution in [-0.4, -0.2) is 0 Å². The van der Waals surface area contributed by atoms with Crippen molar-refractivity contribution in [3.63, 3.8) is 0 Å².